The predicted molar refractivity (Wildman–Crippen MR) is 157 cm³/mol. The number of carbonyl (C=O) groups is 5. The van der Waals surface area contributed by atoms with E-state index in [1.165, 1.54) is 44.3 Å². The normalized spacial score (nSPS) is 10.3. The van der Waals surface area contributed by atoms with Gasteiger partial charge in [-0.25, -0.2) is 4.90 Å². The van der Waals surface area contributed by atoms with E-state index in [1.807, 2.05) is 0 Å². The number of aryl methyl sites for hydroxylation is 3. The summed E-state index contributed by atoms with van der Waals surface area (Å²) in [6.07, 6.45) is 5.09. The zero-order valence-corrected chi connectivity index (χ0v) is 24.1. The number of aromatic nitrogens is 3. The van der Waals surface area contributed by atoms with Gasteiger partial charge < -0.3 is 35.4 Å². The quantitative estimate of drug-likeness (QED) is 0.0902. The lowest BCUT2D eigenvalue weighted by atomic mass is 10.2. The van der Waals surface area contributed by atoms with Crippen molar-refractivity contribution < 1.29 is 24.0 Å². The first-order valence-electron chi connectivity index (χ1n) is 12.0. The fourth-order valence-corrected chi connectivity index (χ4v) is 4.12. The monoisotopic (exact) mass is 607 g/mol. The number of hydrogen-bond acceptors (Lipinski definition) is 6. The number of carbonyl (C=O) groups excluding carboxylic acids is 5. The summed E-state index contributed by atoms with van der Waals surface area (Å²) in [5.74, 6) is -2.32. The highest BCUT2D eigenvalue weighted by atomic mass is 35.5. The van der Waals surface area contributed by atoms with Crippen molar-refractivity contribution in [3.63, 3.8) is 0 Å². The summed E-state index contributed by atoms with van der Waals surface area (Å²) in [7, 11) is 4.82. The molecule has 0 bridgehead atoms. The number of nitrogens with two attached hydrogens (primary N) is 1. The summed E-state index contributed by atoms with van der Waals surface area (Å²) in [6.45, 7) is 0.151. The number of alkyl halides is 1. The van der Waals surface area contributed by atoms with Gasteiger partial charge in [0.2, 0.25) is 12.3 Å². The molecule has 0 aliphatic heterocycles. The smallest absolute Gasteiger partial charge is 0.281 e. The topological polar surface area (TPSA) is 189 Å². The predicted octanol–water partition coefficient (Wildman–Crippen LogP) is 1.80. The maximum Gasteiger partial charge on any atom is 0.281 e. The van der Waals surface area contributed by atoms with Gasteiger partial charge in [0.25, 0.3) is 17.7 Å². The van der Waals surface area contributed by atoms with Gasteiger partial charge in [-0.15, -0.1) is 24.0 Å². The summed E-state index contributed by atoms with van der Waals surface area (Å²) in [5.41, 5.74) is 6.75. The summed E-state index contributed by atoms with van der Waals surface area (Å²) >= 11 is 5.80. The van der Waals surface area contributed by atoms with Gasteiger partial charge in [0.15, 0.2) is 0 Å². The molecule has 3 rings (SSSR count). The number of imide groups is 1. The average molecular weight is 608 g/mol. The Bertz CT molecular complexity index is 1470. The number of halogens is 2. The van der Waals surface area contributed by atoms with Gasteiger partial charge in [-0.05, 0) is 18.2 Å². The molecule has 5 amide bonds. The van der Waals surface area contributed by atoms with Crippen molar-refractivity contribution in [1.82, 2.24) is 19.0 Å². The van der Waals surface area contributed by atoms with Crippen LogP contribution >= 0.6 is 24.0 Å². The fraction of sp³-hybridized carbons (Fsp3) is 0.280. The third-order valence-electron chi connectivity index (χ3n) is 5.87. The molecule has 3 heterocycles. The Morgan fingerprint density at radius 2 is 1.51 bits per heavy atom. The highest BCUT2D eigenvalue weighted by Crippen LogP contribution is 2.24. The standard InChI is InChI=1S/C25H30ClN9O5.ClH/c1-32-11-15(30-14-36)8-18(32)24(39)31-16-9-20(33(2)12-16)25(40)35(22(37)4-6-26)17-10-19(34(3)13-17)23(38)29-7-5-21(27)28;/h8-14H,4-7H2,1-3H3,(H3,27,28)(H,29,38)(H,30,36)(H,31,39);1H. The first kappa shape index (κ1) is 32.7. The van der Waals surface area contributed by atoms with Crippen LogP contribution in [0.3, 0.4) is 0 Å². The molecule has 0 aromatic carbocycles. The van der Waals surface area contributed by atoms with Crippen LogP contribution in [0.2, 0.25) is 0 Å². The van der Waals surface area contributed by atoms with Crippen molar-refractivity contribution in [2.75, 3.05) is 28.0 Å². The maximum absolute atomic E-state index is 13.7. The minimum Gasteiger partial charge on any atom is -0.388 e. The van der Waals surface area contributed by atoms with Gasteiger partial charge >= 0.3 is 0 Å². The van der Waals surface area contributed by atoms with Crippen LogP contribution in [0.5, 0.6) is 0 Å². The minimum atomic E-state index is -0.691. The van der Waals surface area contributed by atoms with E-state index < -0.39 is 23.6 Å². The van der Waals surface area contributed by atoms with Crippen molar-refractivity contribution in [2.24, 2.45) is 26.9 Å². The molecule has 14 nitrogen and oxygen atoms in total. The van der Waals surface area contributed by atoms with Gasteiger partial charge in [0.05, 0.1) is 22.9 Å². The highest BCUT2D eigenvalue weighted by Gasteiger charge is 2.29. The van der Waals surface area contributed by atoms with Gasteiger partial charge in [0.1, 0.15) is 17.1 Å². The molecular formula is C25H31Cl2N9O5. The summed E-state index contributed by atoms with van der Waals surface area (Å²) in [6, 6.07) is 4.32. The number of nitrogens with one attached hydrogen (secondary N) is 4. The Morgan fingerprint density at radius 3 is 2.15 bits per heavy atom. The van der Waals surface area contributed by atoms with Crippen molar-refractivity contribution in [1.29, 1.82) is 5.41 Å². The Kier molecular flexibility index (Phi) is 11.3. The van der Waals surface area contributed by atoms with E-state index in [0.717, 1.165) is 4.90 Å². The molecule has 6 N–H and O–H groups in total. The summed E-state index contributed by atoms with van der Waals surface area (Å²) in [4.78, 5) is 63.8. The van der Waals surface area contributed by atoms with E-state index in [4.69, 9.17) is 22.7 Å². The summed E-state index contributed by atoms with van der Waals surface area (Å²) < 4.78 is 4.46. The number of hydrogen-bond donors (Lipinski definition) is 5. The van der Waals surface area contributed by atoms with E-state index in [-0.39, 0.29) is 66.3 Å². The number of amides is 5. The molecule has 16 heteroatoms. The Labute approximate surface area is 246 Å². The van der Waals surface area contributed by atoms with Crippen LogP contribution in [0.4, 0.5) is 17.1 Å². The molecule has 41 heavy (non-hydrogen) atoms. The number of nitrogens with zero attached hydrogens (tertiary/aromatic N) is 4. The second-order valence-corrected chi connectivity index (χ2v) is 9.24. The van der Waals surface area contributed by atoms with Crippen LogP contribution in [-0.4, -0.2) is 62.0 Å². The largest absolute Gasteiger partial charge is 0.388 e. The van der Waals surface area contributed by atoms with Crippen molar-refractivity contribution >= 4 is 76.9 Å². The van der Waals surface area contributed by atoms with Crippen molar-refractivity contribution in [2.45, 2.75) is 12.8 Å². The SMILES string of the molecule is Cl.Cn1cc(N(C(=O)CCCl)C(=O)c2cc(NC(=O)c3cc(NC=O)cn3C)cn2C)cc1C(=O)NCCC(=N)N. The van der Waals surface area contributed by atoms with Gasteiger partial charge in [-0.2, -0.15) is 0 Å². The van der Waals surface area contributed by atoms with E-state index in [9.17, 15) is 24.0 Å². The van der Waals surface area contributed by atoms with Crippen LogP contribution in [-0.2, 0) is 30.7 Å². The third-order valence-corrected chi connectivity index (χ3v) is 6.06. The Hall–Kier alpha value is -4.56. The molecular weight excluding hydrogens is 577 g/mol. The van der Waals surface area contributed by atoms with Gasteiger partial charge in [-0.1, -0.05) is 0 Å². The molecule has 0 aliphatic rings. The maximum atomic E-state index is 13.7. The molecule has 0 unspecified atom stereocenters. The Balaban J connectivity index is 0.00000588. The zero-order valence-electron chi connectivity index (χ0n) is 22.6. The van der Waals surface area contributed by atoms with E-state index in [1.54, 1.807) is 27.3 Å². The molecule has 0 fully saturated rings. The zero-order chi connectivity index (χ0) is 29.6. The van der Waals surface area contributed by atoms with Crippen LogP contribution < -0.4 is 26.6 Å². The molecule has 0 saturated carbocycles. The van der Waals surface area contributed by atoms with Crippen LogP contribution in [0.25, 0.3) is 0 Å². The first-order chi connectivity index (χ1) is 19.0. The number of amidine groups is 1. The second-order valence-electron chi connectivity index (χ2n) is 8.87. The first-order valence-corrected chi connectivity index (χ1v) is 12.5. The molecule has 0 aliphatic carbocycles. The molecule has 0 saturated heterocycles. The number of anilines is 3. The lowest BCUT2D eigenvalue weighted by molar-refractivity contribution is -0.117. The second kappa shape index (κ2) is 14.2. The molecule has 0 spiro atoms. The van der Waals surface area contributed by atoms with Crippen LogP contribution in [0, 0.1) is 5.41 Å². The minimum absolute atomic E-state index is 0. The Morgan fingerprint density at radius 1 is 0.927 bits per heavy atom. The lowest BCUT2D eigenvalue weighted by Crippen LogP contribution is -2.38. The van der Waals surface area contributed by atoms with Crippen LogP contribution in [0.15, 0.2) is 36.8 Å². The van der Waals surface area contributed by atoms with E-state index >= 15 is 0 Å². The van der Waals surface area contributed by atoms with Crippen LogP contribution in [0.1, 0.15) is 44.3 Å². The molecule has 0 radical (unpaired) electrons. The van der Waals surface area contributed by atoms with E-state index in [0.29, 0.717) is 17.8 Å². The summed E-state index contributed by atoms with van der Waals surface area (Å²) in [5, 5.41) is 15.1. The van der Waals surface area contributed by atoms with Gasteiger partial charge in [-0.3, -0.25) is 29.4 Å². The third kappa shape index (κ3) is 7.77. The molecule has 0 atom stereocenters. The molecule has 220 valence electrons. The highest BCUT2D eigenvalue weighted by molar-refractivity contribution is 6.24. The van der Waals surface area contributed by atoms with Crippen molar-refractivity contribution in [3.05, 3.63) is 53.9 Å². The molecule has 3 aromatic rings. The van der Waals surface area contributed by atoms with Crippen molar-refractivity contribution in [3.8, 4) is 0 Å². The molecule has 3 aromatic heterocycles. The lowest BCUT2D eigenvalue weighted by Gasteiger charge is -2.19. The number of rotatable bonds is 12. The van der Waals surface area contributed by atoms with Gasteiger partial charge in [0, 0.05) is 65.0 Å². The fourth-order valence-electron chi connectivity index (χ4n) is 3.96. The average Bonchev–Trinajstić information content (AvgIpc) is 3.55. The van der Waals surface area contributed by atoms with E-state index in [2.05, 4.69) is 16.0 Å².